The number of hydrogen-bond donors (Lipinski definition) is 4. The van der Waals surface area contributed by atoms with Gasteiger partial charge in [0, 0.05) is 7.05 Å². The van der Waals surface area contributed by atoms with Crippen LogP contribution in [0.3, 0.4) is 0 Å². The fourth-order valence-electron chi connectivity index (χ4n) is 2.84. The zero-order valence-electron chi connectivity index (χ0n) is 17.3. The van der Waals surface area contributed by atoms with Crippen molar-refractivity contribution in [3.63, 3.8) is 0 Å². The highest BCUT2D eigenvalue weighted by molar-refractivity contribution is 5.93. The number of nitrogens with one attached hydrogen (secondary N) is 2. The van der Waals surface area contributed by atoms with Crippen LogP contribution in [0.25, 0.3) is 0 Å². The summed E-state index contributed by atoms with van der Waals surface area (Å²) >= 11 is 0. The van der Waals surface area contributed by atoms with Crippen LogP contribution in [0.5, 0.6) is 0 Å². The Morgan fingerprint density at radius 3 is 1.96 bits per heavy atom. The molecule has 0 bridgehead atoms. The van der Waals surface area contributed by atoms with Gasteiger partial charge in [0.15, 0.2) is 0 Å². The van der Waals surface area contributed by atoms with Crippen LogP contribution in [0.4, 0.5) is 0 Å². The van der Waals surface area contributed by atoms with E-state index in [0.29, 0.717) is 6.42 Å². The van der Waals surface area contributed by atoms with E-state index >= 15 is 0 Å². The second kappa shape index (κ2) is 9.87. The van der Waals surface area contributed by atoms with Gasteiger partial charge >= 0.3 is 0 Å². The third-order valence-corrected chi connectivity index (χ3v) is 4.33. The maximum Gasteiger partial charge on any atom is 0.245 e. The van der Waals surface area contributed by atoms with Crippen molar-refractivity contribution in [3.05, 3.63) is 0 Å². The number of hydrogen-bond acceptors (Lipinski definition) is 5. The number of primary amides is 1. The Kier molecular flexibility index (Phi) is 9.24. The van der Waals surface area contributed by atoms with Crippen molar-refractivity contribution in [1.29, 1.82) is 0 Å². The minimum absolute atomic E-state index is 0.179. The lowest BCUT2D eigenvalue weighted by Gasteiger charge is -2.34. The average molecular weight is 373 g/mol. The molecule has 0 rings (SSSR count). The van der Waals surface area contributed by atoms with Crippen molar-refractivity contribution < 1.29 is 19.5 Å². The van der Waals surface area contributed by atoms with Crippen molar-refractivity contribution in [1.82, 2.24) is 15.5 Å². The lowest BCUT2D eigenvalue weighted by atomic mass is 9.95. The van der Waals surface area contributed by atoms with E-state index in [1.807, 2.05) is 13.8 Å². The molecule has 0 saturated heterocycles. The summed E-state index contributed by atoms with van der Waals surface area (Å²) < 4.78 is 0. The molecule has 0 saturated carbocycles. The van der Waals surface area contributed by atoms with Gasteiger partial charge in [-0.3, -0.25) is 14.4 Å². The van der Waals surface area contributed by atoms with Crippen LogP contribution in [-0.2, 0) is 14.4 Å². The summed E-state index contributed by atoms with van der Waals surface area (Å²) in [6.45, 7) is 10.5. The monoisotopic (exact) mass is 372 g/mol. The number of rotatable bonds is 10. The summed E-state index contributed by atoms with van der Waals surface area (Å²) in [5.74, 6) is -1.48. The van der Waals surface area contributed by atoms with Crippen molar-refractivity contribution in [2.45, 2.75) is 71.7 Å². The number of likely N-dealkylation sites (N-methyl/N-ethyl adjacent to an activating group) is 2. The third kappa shape index (κ3) is 6.92. The van der Waals surface area contributed by atoms with Crippen LogP contribution < -0.4 is 16.4 Å². The van der Waals surface area contributed by atoms with E-state index in [4.69, 9.17) is 5.73 Å². The second-order valence-corrected chi connectivity index (χ2v) is 8.10. The Morgan fingerprint density at radius 2 is 1.65 bits per heavy atom. The molecule has 0 aliphatic rings. The smallest absolute Gasteiger partial charge is 0.245 e. The van der Waals surface area contributed by atoms with Gasteiger partial charge in [-0.05, 0) is 39.2 Å². The van der Waals surface area contributed by atoms with Crippen LogP contribution >= 0.6 is 0 Å². The molecule has 0 aliphatic carbocycles. The maximum absolute atomic E-state index is 12.9. The molecule has 0 aliphatic heterocycles. The Labute approximate surface area is 156 Å². The summed E-state index contributed by atoms with van der Waals surface area (Å²) in [7, 11) is 3.08. The standard InChI is InChI=1S/C18H36N4O4/c1-10(2)9-12(15(19)23)22(8)17(25)13(11(3)4)21-16(24)14(20-7)18(5,6)26/h10-14,20,26H,9H2,1-8H3,(H2,19,23)(H,21,24)/t12-,13-,14?/m0/s1. The predicted octanol–water partition coefficient (Wildman–Crippen LogP) is -0.155. The molecule has 0 aromatic heterocycles. The Bertz CT molecular complexity index is 500. The molecule has 0 fully saturated rings. The topological polar surface area (TPSA) is 125 Å². The minimum Gasteiger partial charge on any atom is -0.388 e. The average Bonchev–Trinajstić information content (AvgIpc) is 2.47. The van der Waals surface area contributed by atoms with Crippen LogP contribution in [0.2, 0.25) is 0 Å². The van der Waals surface area contributed by atoms with Gasteiger partial charge in [0.05, 0.1) is 5.60 Å². The molecular weight excluding hydrogens is 336 g/mol. The first-order chi connectivity index (χ1) is 11.7. The molecule has 0 heterocycles. The molecule has 5 N–H and O–H groups in total. The van der Waals surface area contributed by atoms with E-state index in [1.54, 1.807) is 20.9 Å². The van der Waals surface area contributed by atoms with E-state index in [0.717, 1.165) is 0 Å². The normalized spacial score (nSPS) is 15.5. The first-order valence-electron chi connectivity index (χ1n) is 8.99. The van der Waals surface area contributed by atoms with E-state index in [9.17, 15) is 19.5 Å². The lowest BCUT2D eigenvalue weighted by Crippen LogP contribution is -2.61. The van der Waals surface area contributed by atoms with Gasteiger partial charge in [-0.15, -0.1) is 0 Å². The highest BCUT2D eigenvalue weighted by Crippen LogP contribution is 2.15. The summed E-state index contributed by atoms with van der Waals surface area (Å²) in [5.41, 5.74) is 4.16. The molecule has 152 valence electrons. The van der Waals surface area contributed by atoms with Crippen LogP contribution in [0, 0.1) is 11.8 Å². The van der Waals surface area contributed by atoms with Gasteiger partial charge in [0.2, 0.25) is 17.7 Å². The van der Waals surface area contributed by atoms with Gasteiger partial charge in [-0.2, -0.15) is 0 Å². The Balaban J connectivity index is 5.44. The van der Waals surface area contributed by atoms with E-state index in [-0.39, 0.29) is 17.7 Å². The molecule has 0 aromatic rings. The molecule has 0 spiro atoms. The van der Waals surface area contributed by atoms with Crippen LogP contribution in [0.15, 0.2) is 0 Å². The molecule has 8 heteroatoms. The zero-order chi connectivity index (χ0) is 20.8. The van der Waals surface area contributed by atoms with E-state index < -0.39 is 35.5 Å². The maximum atomic E-state index is 12.9. The van der Waals surface area contributed by atoms with Crippen molar-refractivity contribution in [2.24, 2.45) is 17.6 Å². The molecule has 1 unspecified atom stereocenters. The van der Waals surface area contributed by atoms with Gasteiger partial charge in [0.25, 0.3) is 0 Å². The van der Waals surface area contributed by atoms with E-state index in [1.165, 1.54) is 25.8 Å². The molecule has 26 heavy (non-hydrogen) atoms. The Morgan fingerprint density at radius 1 is 1.15 bits per heavy atom. The largest absolute Gasteiger partial charge is 0.388 e. The Hall–Kier alpha value is -1.67. The SMILES string of the molecule is CNC(C(=O)N[C@H](C(=O)N(C)[C@@H](CC(C)C)C(N)=O)C(C)C)C(C)(C)O. The molecular formula is C18H36N4O4. The van der Waals surface area contributed by atoms with E-state index in [2.05, 4.69) is 10.6 Å². The first kappa shape index (κ1) is 24.3. The quantitative estimate of drug-likeness (QED) is 0.424. The molecule has 0 aromatic carbocycles. The number of nitrogens with zero attached hydrogens (tertiary/aromatic N) is 1. The molecule has 3 amide bonds. The molecule has 0 radical (unpaired) electrons. The summed E-state index contributed by atoms with van der Waals surface area (Å²) in [4.78, 5) is 38.6. The zero-order valence-corrected chi connectivity index (χ0v) is 17.3. The highest BCUT2D eigenvalue weighted by Gasteiger charge is 2.37. The number of aliphatic hydroxyl groups is 1. The van der Waals surface area contributed by atoms with Gasteiger partial charge in [-0.25, -0.2) is 0 Å². The van der Waals surface area contributed by atoms with Crippen molar-refractivity contribution in [2.75, 3.05) is 14.1 Å². The number of carbonyl (C=O) groups is 3. The van der Waals surface area contributed by atoms with Crippen molar-refractivity contribution >= 4 is 17.7 Å². The summed E-state index contributed by atoms with van der Waals surface area (Å²) in [6.07, 6.45) is 0.444. The third-order valence-electron chi connectivity index (χ3n) is 4.33. The fraction of sp³-hybridized carbons (Fsp3) is 0.833. The molecule has 8 nitrogen and oxygen atoms in total. The van der Waals surface area contributed by atoms with Crippen LogP contribution in [0.1, 0.15) is 48.0 Å². The second-order valence-electron chi connectivity index (χ2n) is 8.10. The number of nitrogens with two attached hydrogens (primary N) is 1. The molecule has 3 atom stereocenters. The fourth-order valence-corrected chi connectivity index (χ4v) is 2.84. The minimum atomic E-state index is -1.30. The van der Waals surface area contributed by atoms with Gasteiger partial charge < -0.3 is 26.4 Å². The van der Waals surface area contributed by atoms with Gasteiger partial charge in [-0.1, -0.05) is 27.7 Å². The highest BCUT2D eigenvalue weighted by atomic mass is 16.3. The van der Waals surface area contributed by atoms with Crippen LogP contribution in [-0.4, -0.2) is 65.5 Å². The number of amides is 3. The van der Waals surface area contributed by atoms with Gasteiger partial charge in [0.1, 0.15) is 18.1 Å². The lowest BCUT2D eigenvalue weighted by molar-refractivity contribution is -0.143. The predicted molar refractivity (Wildman–Crippen MR) is 101 cm³/mol. The van der Waals surface area contributed by atoms with Crippen molar-refractivity contribution in [3.8, 4) is 0 Å². The summed E-state index contributed by atoms with van der Waals surface area (Å²) in [6, 6.07) is -2.46. The summed E-state index contributed by atoms with van der Waals surface area (Å²) in [5, 5.41) is 15.6. The number of carbonyl (C=O) groups excluding carboxylic acids is 3. The first-order valence-corrected chi connectivity index (χ1v) is 8.99.